The van der Waals surface area contributed by atoms with Crippen LogP contribution in [0.25, 0.3) is 22.0 Å². The number of thiophene rings is 1. The van der Waals surface area contributed by atoms with Gasteiger partial charge >= 0.3 is 6.18 Å². The van der Waals surface area contributed by atoms with Crippen molar-refractivity contribution in [2.45, 2.75) is 19.0 Å². The number of pyridine rings is 1. The van der Waals surface area contributed by atoms with Crippen LogP contribution in [-0.2, 0) is 0 Å². The summed E-state index contributed by atoms with van der Waals surface area (Å²) in [5.41, 5.74) is 8.54. The molecule has 0 aliphatic heterocycles. The lowest BCUT2D eigenvalue weighted by Crippen LogP contribution is -2.10. The van der Waals surface area contributed by atoms with Crippen molar-refractivity contribution in [2.75, 3.05) is 12.3 Å². The van der Waals surface area contributed by atoms with Gasteiger partial charge in [0.25, 0.3) is 0 Å². The first kappa shape index (κ1) is 16.6. The minimum absolute atomic E-state index is 0.0235. The molecule has 1 aromatic carbocycles. The molecule has 24 heavy (non-hydrogen) atoms. The van der Waals surface area contributed by atoms with Crippen LogP contribution < -0.4 is 10.5 Å². The summed E-state index contributed by atoms with van der Waals surface area (Å²) >= 11 is 1.60. The molecule has 7 heteroatoms. The van der Waals surface area contributed by atoms with Crippen LogP contribution >= 0.6 is 11.3 Å². The first-order valence-corrected chi connectivity index (χ1v) is 8.29. The van der Waals surface area contributed by atoms with Crippen molar-refractivity contribution in [3.05, 3.63) is 41.1 Å². The lowest BCUT2D eigenvalue weighted by atomic mass is 10.1. The third-order valence-electron chi connectivity index (χ3n) is 3.51. The van der Waals surface area contributed by atoms with Crippen LogP contribution in [0.2, 0.25) is 0 Å². The van der Waals surface area contributed by atoms with E-state index in [-0.39, 0.29) is 18.8 Å². The fourth-order valence-corrected chi connectivity index (χ4v) is 3.06. The lowest BCUT2D eigenvalue weighted by Gasteiger charge is -2.12. The highest BCUT2D eigenvalue weighted by molar-refractivity contribution is 7.08. The van der Waals surface area contributed by atoms with Gasteiger partial charge in [0.15, 0.2) is 0 Å². The number of benzene rings is 1. The highest BCUT2D eigenvalue weighted by Gasteiger charge is 2.26. The predicted molar refractivity (Wildman–Crippen MR) is 90.3 cm³/mol. The van der Waals surface area contributed by atoms with Gasteiger partial charge in [-0.2, -0.15) is 24.5 Å². The van der Waals surface area contributed by atoms with Gasteiger partial charge in [-0.1, -0.05) is 6.07 Å². The average molecular weight is 352 g/mol. The Morgan fingerprint density at radius 1 is 1.12 bits per heavy atom. The van der Waals surface area contributed by atoms with E-state index in [1.54, 1.807) is 17.4 Å². The molecule has 3 aromatic rings. The van der Waals surface area contributed by atoms with Crippen molar-refractivity contribution in [1.29, 1.82) is 0 Å². The Morgan fingerprint density at radius 2 is 1.96 bits per heavy atom. The second-order valence-electron chi connectivity index (χ2n) is 5.36. The summed E-state index contributed by atoms with van der Waals surface area (Å²) in [6.45, 7) is -0.0235. The van der Waals surface area contributed by atoms with E-state index < -0.39 is 12.6 Å². The summed E-state index contributed by atoms with van der Waals surface area (Å²) in [6.07, 6.45) is -5.13. The molecule has 0 bridgehead atoms. The first-order valence-electron chi connectivity index (χ1n) is 7.35. The molecule has 0 saturated heterocycles. The molecule has 126 valence electrons. The third-order valence-corrected chi connectivity index (χ3v) is 4.19. The normalized spacial score (nSPS) is 11.8. The number of anilines is 1. The molecule has 0 aliphatic rings. The van der Waals surface area contributed by atoms with Gasteiger partial charge in [-0.05, 0) is 46.5 Å². The minimum atomic E-state index is -4.17. The van der Waals surface area contributed by atoms with E-state index in [9.17, 15) is 13.2 Å². The van der Waals surface area contributed by atoms with Crippen molar-refractivity contribution in [3.63, 3.8) is 0 Å². The number of fused-ring (bicyclic) bond motifs is 1. The van der Waals surface area contributed by atoms with Crippen molar-refractivity contribution in [3.8, 4) is 16.9 Å². The molecule has 0 aliphatic carbocycles. The van der Waals surface area contributed by atoms with Crippen molar-refractivity contribution in [1.82, 2.24) is 4.98 Å². The Bertz CT molecular complexity index is 832. The fourth-order valence-electron chi connectivity index (χ4n) is 2.40. The van der Waals surface area contributed by atoms with Crippen molar-refractivity contribution in [2.24, 2.45) is 0 Å². The van der Waals surface area contributed by atoms with Gasteiger partial charge < -0.3 is 10.5 Å². The number of alkyl halides is 3. The number of nitrogens with two attached hydrogens (primary N) is 1. The maximum Gasteiger partial charge on any atom is 0.389 e. The molecule has 3 rings (SSSR count). The fraction of sp³-hybridized carbons (Fsp3) is 0.235. The summed E-state index contributed by atoms with van der Waals surface area (Å²) < 4.78 is 42.1. The number of hydrogen-bond acceptors (Lipinski definition) is 4. The molecule has 0 amide bonds. The molecule has 2 heterocycles. The number of rotatable bonds is 5. The van der Waals surface area contributed by atoms with Gasteiger partial charge in [-0.3, -0.25) is 0 Å². The van der Waals surface area contributed by atoms with E-state index in [2.05, 4.69) is 4.98 Å². The quantitative estimate of drug-likeness (QED) is 0.637. The Balaban J connectivity index is 1.83. The maximum atomic E-state index is 12.2. The summed E-state index contributed by atoms with van der Waals surface area (Å²) in [5.74, 6) is 0.729. The molecule has 0 atom stereocenters. The van der Waals surface area contributed by atoms with E-state index in [0.29, 0.717) is 11.3 Å². The maximum absolute atomic E-state index is 12.2. The lowest BCUT2D eigenvalue weighted by molar-refractivity contribution is -0.136. The van der Waals surface area contributed by atoms with E-state index >= 15 is 0 Å². The third kappa shape index (κ3) is 3.97. The molecule has 2 aromatic heterocycles. The van der Waals surface area contributed by atoms with Crippen LogP contribution in [-0.4, -0.2) is 17.8 Å². The van der Waals surface area contributed by atoms with Crippen LogP contribution in [0.3, 0.4) is 0 Å². The first-order chi connectivity index (χ1) is 11.4. The monoisotopic (exact) mass is 352 g/mol. The summed E-state index contributed by atoms with van der Waals surface area (Å²) in [7, 11) is 0. The zero-order valence-electron chi connectivity index (χ0n) is 12.6. The van der Waals surface area contributed by atoms with Gasteiger partial charge in [0.1, 0.15) is 11.6 Å². The topological polar surface area (TPSA) is 48.1 Å². The van der Waals surface area contributed by atoms with E-state index in [0.717, 1.165) is 16.5 Å². The number of halogens is 3. The van der Waals surface area contributed by atoms with Crippen molar-refractivity contribution >= 4 is 28.1 Å². The number of hydrogen-bond donors (Lipinski definition) is 1. The van der Waals surface area contributed by atoms with Gasteiger partial charge in [-0.25, -0.2) is 4.98 Å². The molecule has 0 unspecified atom stereocenters. The molecule has 0 saturated carbocycles. The van der Waals surface area contributed by atoms with Crippen LogP contribution in [0.15, 0.2) is 41.1 Å². The highest BCUT2D eigenvalue weighted by Crippen LogP contribution is 2.31. The van der Waals surface area contributed by atoms with E-state index in [1.807, 2.05) is 35.0 Å². The smallest absolute Gasteiger partial charge is 0.389 e. The Hall–Kier alpha value is -2.28. The van der Waals surface area contributed by atoms with Crippen LogP contribution in [0.1, 0.15) is 12.8 Å². The summed E-state index contributed by atoms with van der Waals surface area (Å²) in [4.78, 5) is 4.30. The zero-order valence-corrected chi connectivity index (χ0v) is 13.5. The van der Waals surface area contributed by atoms with Crippen LogP contribution in [0.5, 0.6) is 5.75 Å². The number of nitrogen functional groups attached to an aromatic ring is 1. The van der Waals surface area contributed by atoms with Crippen LogP contribution in [0, 0.1) is 0 Å². The SMILES string of the molecule is Nc1cc(OCCCC(F)(F)F)c2ccc(-c3ccsc3)cc2n1. The largest absolute Gasteiger partial charge is 0.493 e. The predicted octanol–water partition coefficient (Wildman–Crippen LogP) is 5.27. The Kier molecular flexibility index (Phi) is 4.62. The molecule has 0 fully saturated rings. The van der Waals surface area contributed by atoms with Crippen LogP contribution in [0.4, 0.5) is 19.0 Å². The second kappa shape index (κ2) is 6.68. The zero-order chi connectivity index (χ0) is 17.2. The van der Waals surface area contributed by atoms with Gasteiger partial charge in [0, 0.05) is 17.9 Å². The van der Waals surface area contributed by atoms with E-state index in [4.69, 9.17) is 10.5 Å². The van der Waals surface area contributed by atoms with Gasteiger partial charge in [-0.15, -0.1) is 0 Å². The summed E-state index contributed by atoms with van der Waals surface area (Å²) in [6, 6.07) is 9.24. The number of aromatic nitrogens is 1. The Morgan fingerprint density at radius 3 is 2.67 bits per heavy atom. The molecule has 0 spiro atoms. The Labute approximate surface area is 140 Å². The summed E-state index contributed by atoms with van der Waals surface area (Å²) in [5, 5.41) is 4.75. The molecule has 3 nitrogen and oxygen atoms in total. The standard InChI is InChI=1S/C17H15F3N2OS/c18-17(19,20)5-1-6-23-15-9-16(21)22-14-8-11(2-3-13(14)15)12-4-7-24-10-12/h2-4,7-10H,1,5-6H2,(H2,21,22). The minimum Gasteiger partial charge on any atom is -0.493 e. The molecule has 0 radical (unpaired) electrons. The number of ether oxygens (including phenoxy) is 1. The molecule has 2 N–H and O–H groups in total. The second-order valence-corrected chi connectivity index (χ2v) is 6.14. The number of nitrogens with zero attached hydrogens (tertiary/aromatic N) is 1. The highest BCUT2D eigenvalue weighted by atomic mass is 32.1. The van der Waals surface area contributed by atoms with Crippen molar-refractivity contribution < 1.29 is 17.9 Å². The van der Waals surface area contributed by atoms with Gasteiger partial charge in [0.05, 0.1) is 12.1 Å². The average Bonchev–Trinajstić information content (AvgIpc) is 3.04. The van der Waals surface area contributed by atoms with E-state index in [1.165, 1.54) is 0 Å². The molecular weight excluding hydrogens is 337 g/mol. The molecular formula is C17H15F3N2OS. The van der Waals surface area contributed by atoms with Gasteiger partial charge in [0.2, 0.25) is 0 Å².